The van der Waals surface area contributed by atoms with Crippen molar-refractivity contribution < 1.29 is 14.1 Å². The smallest absolute Gasteiger partial charge is 0.248 e. The van der Waals surface area contributed by atoms with Gasteiger partial charge in [-0.25, -0.2) is 0 Å². The molecule has 0 bridgehead atoms. The van der Waals surface area contributed by atoms with Crippen molar-refractivity contribution in [2.75, 3.05) is 38.7 Å². The predicted octanol–water partition coefficient (Wildman–Crippen LogP) is 4.63. The maximum absolute atomic E-state index is 13.0. The van der Waals surface area contributed by atoms with Crippen molar-refractivity contribution in [3.05, 3.63) is 102 Å². The third kappa shape index (κ3) is 7.26. The van der Waals surface area contributed by atoms with E-state index >= 15 is 0 Å². The van der Waals surface area contributed by atoms with E-state index in [1.54, 1.807) is 0 Å². The van der Waals surface area contributed by atoms with Crippen molar-refractivity contribution >= 4 is 11.6 Å². The van der Waals surface area contributed by atoms with Gasteiger partial charge in [-0.2, -0.15) is 4.98 Å². The second-order valence-electron chi connectivity index (χ2n) is 8.80. The Morgan fingerprint density at radius 2 is 1.47 bits per heavy atom. The van der Waals surface area contributed by atoms with Crippen LogP contribution in [0.15, 0.2) is 89.5 Å². The fraction of sp³-hybridized carbons (Fsp3) is 0.276. The van der Waals surface area contributed by atoms with Crippen LogP contribution in [0.1, 0.15) is 17.0 Å². The van der Waals surface area contributed by atoms with Crippen molar-refractivity contribution in [1.29, 1.82) is 0 Å². The van der Waals surface area contributed by atoms with E-state index in [2.05, 4.69) is 22.3 Å². The molecule has 1 heterocycles. The van der Waals surface area contributed by atoms with Gasteiger partial charge < -0.3 is 19.1 Å². The number of carbonyl (C=O) groups excluding carboxylic acids is 1. The molecule has 0 spiro atoms. The Hall–Kier alpha value is -3.97. The molecule has 7 heteroatoms. The number of carbonyl (C=O) groups is 1. The van der Waals surface area contributed by atoms with E-state index in [1.807, 2.05) is 96.7 Å². The Balaban J connectivity index is 1.36. The lowest BCUT2D eigenvalue weighted by molar-refractivity contribution is -0.136. The number of amides is 1. The van der Waals surface area contributed by atoms with Crippen LogP contribution in [-0.4, -0.2) is 54.7 Å². The lowest BCUT2D eigenvalue weighted by Crippen LogP contribution is -2.37. The van der Waals surface area contributed by atoms with Crippen LogP contribution >= 0.6 is 0 Å². The largest absolute Gasteiger partial charge is 0.378 e. The number of rotatable bonds is 12. The molecular formula is C29H32N4O3. The van der Waals surface area contributed by atoms with E-state index in [4.69, 9.17) is 9.26 Å². The Labute approximate surface area is 212 Å². The van der Waals surface area contributed by atoms with E-state index in [-0.39, 0.29) is 12.5 Å². The second-order valence-corrected chi connectivity index (χ2v) is 8.80. The summed E-state index contributed by atoms with van der Waals surface area (Å²) in [5.74, 6) is 0.994. The number of hydrogen-bond acceptors (Lipinski definition) is 6. The molecule has 7 nitrogen and oxygen atoms in total. The maximum atomic E-state index is 13.0. The van der Waals surface area contributed by atoms with Gasteiger partial charge in [-0.3, -0.25) is 4.79 Å². The number of benzene rings is 3. The number of aromatic nitrogens is 2. The Bertz CT molecular complexity index is 1210. The molecule has 36 heavy (non-hydrogen) atoms. The van der Waals surface area contributed by atoms with E-state index in [9.17, 15) is 4.79 Å². The summed E-state index contributed by atoms with van der Waals surface area (Å²) in [5, 5.41) is 4.13. The van der Waals surface area contributed by atoms with Gasteiger partial charge in [-0.05, 0) is 41.8 Å². The SMILES string of the molecule is CN(C)c1ccc(-c2noc(CCN(CCc3ccccc3)C(=O)COCc3ccccc3)n2)cc1. The fourth-order valence-corrected chi connectivity index (χ4v) is 3.80. The highest BCUT2D eigenvalue weighted by atomic mass is 16.5. The number of hydrogen-bond donors (Lipinski definition) is 0. The standard InChI is InChI=1S/C29H32N4O3/c1-32(2)26-15-13-25(14-16-26)29-30-27(36-31-29)18-20-33(19-17-23-9-5-3-6-10-23)28(34)22-35-21-24-11-7-4-8-12-24/h3-16H,17-22H2,1-2H3. The molecule has 1 amide bonds. The van der Waals surface area contributed by atoms with Crippen LogP contribution in [0.3, 0.4) is 0 Å². The summed E-state index contributed by atoms with van der Waals surface area (Å²) in [7, 11) is 4.00. The van der Waals surface area contributed by atoms with E-state index in [0.717, 1.165) is 23.2 Å². The molecule has 4 rings (SSSR count). The van der Waals surface area contributed by atoms with Gasteiger partial charge in [-0.1, -0.05) is 65.8 Å². The van der Waals surface area contributed by atoms with Gasteiger partial charge in [0.15, 0.2) is 0 Å². The normalized spacial score (nSPS) is 10.8. The van der Waals surface area contributed by atoms with Gasteiger partial charge in [0.25, 0.3) is 0 Å². The molecule has 3 aromatic carbocycles. The Morgan fingerprint density at radius 1 is 0.833 bits per heavy atom. The van der Waals surface area contributed by atoms with Crippen molar-refractivity contribution in [2.24, 2.45) is 0 Å². The highest BCUT2D eigenvalue weighted by molar-refractivity contribution is 5.77. The molecule has 0 atom stereocenters. The van der Waals surface area contributed by atoms with Crippen LogP contribution in [-0.2, 0) is 29.0 Å². The van der Waals surface area contributed by atoms with Gasteiger partial charge in [0, 0.05) is 44.9 Å². The molecule has 4 aromatic rings. The van der Waals surface area contributed by atoms with Crippen molar-refractivity contribution in [3.63, 3.8) is 0 Å². The summed E-state index contributed by atoms with van der Waals surface area (Å²) in [6.45, 7) is 1.49. The first-order valence-corrected chi connectivity index (χ1v) is 12.1. The van der Waals surface area contributed by atoms with E-state index < -0.39 is 0 Å². The van der Waals surface area contributed by atoms with Crippen LogP contribution in [0.4, 0.5) is 5.69 Å². The molecule has 0 saturated carbocycles. The lowest BCUT2D eigenvalue weighted by Gasteiger charge is -2.22. The van der Waals surface area contributed by atoms with Gasteiger partial charge in [0.1, 0.15) is 6.61 Å². The number of nitrogens with zero attached hydrogens (tertiary/aromatic N) is 4. The second kappa shape index (κ2) is 12.7. The van der Waals surface area contributed by atoms with Crippen molar-refractivity contribution in [2.45, 2.75) is 19.4 Å². The van der Waals surface area contributed by atoms with Crippen LogP contribution in [0.25, 0.3) is 11.4 Å². The van der Waals surface area contributed by atoms with Crippen LogP contribution in [0, 0.1) is 0 Å². The third-order valence-electron chi connectivity index (χ3n) is 5.91. The summed E-state index contributed by atoms with van der Waals surface area (Å²) in [6, 6.07) is 28.0. The van der Waals surface area contributed by atoms with E-state index in [1.165, 1.54) is 5.56 Å². The summed E-state index contributed by atoms with van der Waals surface area (Å²) in [5.41, 5.74) is 4.21. The first-order chi connectivity index (χ1) is 17.6. The molecule has 0 aliphatic carbocycles. The van der Waals surface area contributed by atoms with Gasteiger partial charge in [0.05, 0.1) is 6.61 Å². The van der Waals surface area contributed by atoms with Gasteiger partial charge >= 0.3 is 0 Å². The minimum Gasteiger partial charge on any atom is -0.378 e. The first kappa shape index (κ1) is 25.1. The first-order valence-electron chi connectivity index (χ1n) is 12.1. The molecule has 186 valence electrons. The summed E-state index contributed by atoms with van der Waals surface area (Å²) < 4.78 is 11.2. The molecule has 0 aliphatic heterocycles. The zero-order valence-corrected chi connectivity index (χ0v) is 20.8. The predicted molar refractivity (Wildman–Crippen MR) is 141 cm³/mol. The van der Waals surface area contributed by atoms with Crippen LogP contribution < -0.4 is 4.90 Å². The monoisotopic (exact) mass is 484 g/mol. The molecule has 0 fully saturated rings. The molecule has 0 radical (unpaired) electrons. The van der Waals surface area contributed by atoms with Crippen molar-refractivity contribution in [3.8, 4) is 11.4 Å². The minimum absolute atomic E-state index is 0.0248. The highest BCUT2D eigenvalue weighted by Gasteiger charge is 2.16. The molecule has 1 aromatic heterocycles. The van der Waals surface area contributed by atoms with Gasteiger partial charge in [-0.15, -0.1) is 0 Å². The maximum Gasteiger partial charge on any atom is 0.248 e. The van der Waals surface area contributed by atoms with Crippen LogP contribution in [0.5, 0.6) is 0 Å². The quantitative estimate of drug-likeness (QED) is 0.292. The molecule has 0 aliphatic rings. The average Bonchev–Trinajstić information content (AvgIpc) is 3.39. The minimum atomic E-state index is -0.0547. The molecule has 0 saturated heterocycles. The summed E-state index contributed by atoms with van der Waals surface area (Å²) >= 11 is 0. The molecular weight excluding hydrogens is 452 g/mol. The number of ether oxygens (including phenoxy) is 1. The third-order valence-corrected chi connectivity index (χ3v) is 5.91. The topological polar surface area (TPSA) is 71.7 Å². The zero-order valence-electron chi connectivity index (χ0n) is 20.8. The van der Waals surface area contributed by atoms with Gasteiger partial charge in [0.2, 0.25) is 17.6 Å². The summed E-state index contributed by atoms with van der Waals surface area (Å²) in [6.07, 6.45) is 1.24. The highest BCUT2D eigenvalue weighted by Crippen LogP contribution is 2.20. The van der Waals surface area contributed by atoms with E-state index in [0.29, 0.717) is 37.8 Å². The molecule has 0 N–H and O–H groups in total. The number of anilines is 1. The Kier molecular flexibility index (Phi) is 8.83. The molecule has 0 unspecified atom stereocenters. The summed E-state index contributed by atoms with van der Waals surface area (Å²) in [4.78, 5) is 21.4. The fourth-order valence-electron chi connectivity index (χ4n) is 3.80. The van der Waals surface area contributed by atoms with Crippen molar-refractivity contribution in [1.82, 2.24) is 15.0 Å². The van der Waals surface area contributed by atoms with Crippen LogP contribution in [0.2, 0.25) is 0 Å². The zero-order chi connectivity index (χ0) is 25.2. The lowest BCUT2D eigenvalue weighted by atomic mass is 10.1. The average molecular weight is 485 g/mol. The Morgan fingerprint density at radius 3 is 2.14 bits per heavy atom.